The lowest BCUT2D eigenvalue weighted by atomic mass is 9.94. The third kappa shape index (κ3) is 3.19. The van der Waals surface area contributed by atoms with E-state index in [4.69, 9.17) is 4.74 Å². The fraction of sp³-hybridized carbons (Fsp3) is 1.00. The Hall–Kier alpha value is -0.120. The molecule has 0 bridgehead atoms. The first kappa shape index (κ1) is 12.3. The van der Waals surface area contributed by atoms with Crippen molar-refractivity contribution in [1.82, 2.24) is 10.2 Å². The van der Waals surface area contributed by atoms with E-state index in [9.17, 15) is 0 Å². The minimum Gasteiger partial charge on any atom is -0.384 e. The number of nitrogens with zero attached hydrogens (tertiary/aromatic N) is 1. The Kier molecular flexibility index (Phi) is 4.62. The van der Waals surface area contributed by atoms with Crippen LogP contribution in [0.5, 0.6) is 0 Å². The molecule has 94 valence electrons. The summed E-state index contributed by atoms with van der Waals surface area (Å²) in [6, 6.07) is 0. The van der Waals surface area contributed by atoms with Crippen molar-refractivity contribution in [1.29, 1.82) is 0 Å². The third-order valence-corrected chi connectivity index (χ3v) is 4.18. The van der Waals surface area contributed by atoms with E-state index < -0.39 is 0 Å². The van der Waals surface area contributed by atoms with Crippen LogP contribution in [0.25, 0.3) is 0 Å². The van der Waals surface area contributed by atoms with Crippen molar-refractivity contribution in [3.8, 4) is 0 Å². The first-order chi connectivity index (χ1) is 7.79. The van der Waals surface area contributed by atoms with E-state index in [1.165, 1.54) is 45.6 Å². The van der Waals surface area contributed by atoms with Crippen molar-refractivity contribution in [2.24, 2.45) is 17.8 Å². The van der Waals surface area contributed by atoms with Gasteiger partial charge in [-0.2, -0.15) is 0 Å². The monoisotopic (exact) mass is 226 g/mol. The maximum atomic E-state index is 5.28. The van der Waals surface area contributed by atoms with E-state index in [1.807, 2.05) is 7.11 Å². The summed E-state index contributed by atoms with van der Waals surface area (Å²) >= 11 is 0. The van der Waals surface area contributed by atoms with E-state index >= 15 is 0 Å². The molecule has 0 aromatic carbocycles. The molecule has 3 heteroatoms. The largest absolute Gasteiger partial charge is 0.384 e. The summed E-state index contributed by atoms with van der Waals surface area (Å²) in [5.41, 5.74) is 0. The summed E-state index contributed by atoms with van der Waals surface area (Å²) in [4.78, 5) is 2.65. The van der Waals surface area contributed by atoms with Gasteiger partial charge in [0.05, 0.1) is 6.61 Å². The van der Waals surface area contributed by atoms with Crippen molar-refractivity contribution < 1.29 is 4.74 Å². The highest BCUT2D eigenvalue weighted by atomic mass is 16.5. The third-order valence-electron chi connectivity index (χ3n) is 4.18. The van der Waals surface area contributed by atoms with Gasteiger partial charge >= 0.3 is 0 Å². The van der Waals surface area contributed by atoms with Gasteiger partial charge in [-0.1, -0.05) is 6.92 Å². The number of likely N-dealkylation sites (tertiary alicyclic amines) is 1. The second-order valence-corrected chi connectivity index (χ2v) is 5.62. The minimum absolute atomic E-state index is 0.767. The Morgan fingerprint density at radius 3 is 2.94 bits per heavy atom. The molecule has 0 amide bonds. The molecule has 0 aliphatic carbocycles. The van der Waals surface area contributed by atoms with E-state index in [1.54, 1.807) is 0 Å². The zero-order valence-corrected chi connectivity index (χ0v) is 10.7. The van der Waals surface area contributed by atoms with Gasteiger partial charge in [0, 0.05) is 20.2 Å². The van der Waals surface area contributed by atoms with Crippen molar-refractivity contribution in [3.05, 3.63) is 0 Å². The van der Waals surface area contributed by atoms with Crippen LogP contribution < -0.4 is 5.32 Å². The van der Waals surface area contributed by atoms with Crippen molar-refractivity contribution in [2.45, 2.75) is 19.8 Å². The number of ether oxygens (including phenoxy) is 1. The number of piperidine rings is 1. The van der Waals surface area contributed by atoms with Gasteiger partial charge in [0.15, 0.2) is 0 Å². The van der Waals surface area contributed by atoms with Gasteiger partial charge in [-0.15, -0.1) is 0 Å². The predicted octanol–water partition coefficient (Wildman–Crippen LogP) is 1.20. The molecule has 2 fully saturated rings. The van der Waals surface area contributed by atoms with Crippen molar-refractivity contribution in [2.75, 3.05) is 46.4 Å². The lowest BCUT2D eigenvalue weighted by Crippen LogP contribution is -2.41. The summed E-state index contributed by atoms with van der Waals surface area (Å²) in [6.07, 6.45) is 2.70. The SMILES string of the molecule is COCC1CCCN(C[C@@H]2CNC[C@H]2C)C1. The highest BCUT2D eigenvalue weighted by molar-refractivity contribution is 4.82. The van der Waals surface area contributed by atoms with Crippen LogP contribution in [0, 0.1) is 17.8 Å². The molecule has 2 heterocycles. The zero-order valence-electron chi connectivity index (χ0n) is 10.7. The molecule has 3 atom stereocenters. The Morgan fingerprint density at radius 2 is 2.25 bits per heavy atom. The average Bonchev–Trinajstić information content (AvgIpc) is 2.66. The molecule has 0 spiro atoms. The van der Waals surface area contributed by atoms with E-state index in [0.717, 1.165) is 24.4 Å². The maximum Gasteiger partial charge on any atom is 0.0502 e. The molecule has 2 aliphatic rings. The summed E-state index contributed by atoms with van der Waals surface area (Å²) in [5.74, 6) is 2.48. The Labute approximate surface area is 99.5 Å². The molecule has 3 nitrogen and oxygen atoms in total. The number of nitrogens with one attached hydrogen (secondary N) is 1. The van der Waals surface area contributed by atoms with Gasteiger partial charge in [-0.3, -0.25) is 0 Å². The molecular formula is C13H26N2O. The van der Waals surface area contributed by atoms with Crippen LogP contribution in [0.1, 0.15) is 19.8 Å². The van der Waals surface area contributed by atoms with E-state index in [2.05, 4.69) is 17.1 Å². The molecular weight excluding hydrogens is 200 g/mol. The number of rotatable bonds is 4. The Morgan fingerprint density at radius 1 is 1.38 bits per heavy atom. The minimum atomic E-state index is 0.767. The molecule has 2 aliphatic heterocycles. The van der Waals surface area contributed by atoms with Crippen LogP contribution in [0.4, 0.5) is 0 Å². The molecule has 2 saturated heterocycles. The highest BCUT2D eigenvalue weighted by Crippen LogP contribution is 2.22. The van der Waals surface area contributed by atoms with Gasteiger partial charge in [-0.25, -0.2) is 0 Å². The van der Waals surface area contributed by atoms with Crippen LogP contribution >= 0.6 is 0 Å². The number of hydrogen-bond acceptors (Lipinski definition) is 3. The molecule has 2 rings (SSSR count). The molecule has 0 aromatic rings. The lowest BCUT2D eigenvalue weighted by Gasteiger charge is -2.34. The van der Waals surface area contributed by atoms with Gasteiger partial charge in [0.1, 0.15) is 0 Å². The standard InChI is InChI=1S/C13H26N2O/c1-11-6-14-7-13(11)9-15-5-3-4-12(8-15)10-16-2/h11-14H,3-10H2,1-2H3/t11-,12?,13+/m1/s1. The second kappa shape index (κ2) is 5.99. The summed E-state index contributed by atoms with van der Waals surface area (Å²) in [6.45, 7) is 9.57. The van der Waals surface area contributed by atoms with Crippen LogP contribution in [0.2, 0.25) is 0 Å². The Balaban J connectivity index is 1.76. The summed E-state index contributed by atoms with van der Waals surface area (Å²) in [5, 5.41) is 3.50. The maximum absolute atomic E-state index is 5.28. The molecule has 1 N–H and O–H groups in total. The molecule has 16 heavy (non-hydrogen) atoms. The summed E-state index contributed by atoms with van der Waals surface area (Å²) in [7, 11) is 1.82. The quantitative estimate of drug-likeness (QED) is 0.779. The predicted molar refractivity (Wildman–Crippen MR) is 66.6 cm³/mol. The Bertz CT molecular complexity index is 208. The topological polar surface area (TPSA) is 24.5 Å². The van der Waals surface area contributed by atoms with Crippen LogP contribution in [0.3, 0.4) is 0 Å². The van der Waals surface area contributed by atoms with Crippen molar-refractivity contribution >= 4 is 0 Å². The van der Waals surface area contributed by atoms with E-state index in [0.29, 0.717) is 0 Å². The van der Waals surface area contributed by atoms with Crippen LogP contribution in [-0.4, -0.2) is 51.3 Å². The lowest BCUT2D eigenvalue weighted by molar-refractivity contribution is 0.0810. The summed E-state index contributed by atoms with van der Waals surface area (Å²) < 4.78 is 5.28. The zero-order chi connectivity index (χ0) is 11.4. The van der Waals surface area contributed by atoms with Crippen molar-refractivity contribution in [3.63, 3.8) is 0 Å². The molecule has 1 unspecified atom stereocenters. The molecule has 0 radical (unpaired) electrons. The highest BCUT2D eigenvalue weighted by Gasteiger charge is 2.27. The normalized spacial score (nSPS) is 36.8. The smallest absolute Gasteiger partial charge is 0.0502 e. The van der Waals surface area contributed by atoms with Gasteiger partial charge in [0.2, 0.25) is 0 Å². The fourth-order valence-electron chi connectivity index (χ4n) is 3.13. The van der Waals surface area contributed by atoms with Gasteiger partial charge in [0.25, 0.3) is 0 Å². The molecule has 0 aromatic heterocycles. The average molecular weight is 226 g/mol. The first-order valence-corrected chi connectivity index (χ1v) is 6.71. The second-order valence-electron chi connectivity index (χ2n) is 5.62. The fourth-order valence-corrected chi connectivity index (χ4v) is 3.13. The van der Waals surface area contributed by atoms with Gasteiger partial charge in [-0.05, 0) is 50.2 Å². The first-order valence-electron chi connectivity index (χ1n) is 6.71. The van der Waals surface area contributed by atoms with Gasteiger partial charge < -0.3 is 15.0 Å². The van der Waals surface area contributed by atoms with Crippen LogP contribution in [0.15, 0.2) is 0 Å². The number of methoxy groups -OCH3 is 1. The van der Waals surface area contributed by atoms with E-state index in [-0.39, 0.29) is 0 Å². The van der Waals surface area contributed by atoms with Crippen LogP contribution in [-0.2, 0) is 4.74 Å². The molecule has 0 saturated carbocycles. The number of hydrogen-bond donors (Lipinski definition) is 1.